The zero-order chi connectivity index (χ0) is 15.6. The molecule has 1 saturated carbocycles. The number of amides is 1. The van der Waals surface area contributed by atoms with Gasteiger partial charge in [-0.3, -0.25) is 4.79 Å². The third kappa shape index (κ3) is 4.28. The molecule has 0 bridgehead atoms. The Hall–Kier alpha value is -0.920. The second kappa shape index (κ2) is 6.46. The van der Waals surface area contributed by atoms with Gasteiger partial charge in [0.2, 0.25) is 15.9 Å². The van der Waals surface area contributed by atoms with Crippen LogP contribution in [-0.2, 0) is 14.8 Å². The molecule has 1 aromatic rings. The van der Waals surface area contributed by atoms with E-state index in [0.717, 1.165) is 12.8 Å². The monoisotopic (exact) mass is 374 g/mol. The first kappa shape index (κ1) is 16.5. The third-order valence-electron chi connectivity index (χ3n) is 3.79. The number of carbonyl (C=O) groups excluding carboxylic acids is 1. The van der Waals surface area contributed by atoms with Crippen LogP contribution in [0.25, 0.3) is 0 Å². The minimum Gasteiger partial charge on any atom is -0.325 e. The zero-order valence-corrected chi connectivity index (χ0v) is 14.3. The highest BCUT2D eigenvalue weighted by Crippen LogP contribution is 2.30. The summed E-state index contributed by atoms with van der Waals surface area (Å²) in [6.07, 6.45) is 5.13. The lowest BCUT2D eigenvalue weighted by Gasteiger charge is -2.13. The Morgan fingerprint density at radius 1 is 1.38 bits per heavy atom. The van der Waals surface area contributed by atoms with Gasteiger partial charge in [-0.15, -0.1) is 0 Å². The Morgan fingerprint density at radius 2 is 2.00 bits per heavy atom. The van der Waals surface area contributed by atoms with Crippen LogP contribution in [0.4, 0.5) is 5.69 Å². The predicted octanol–water partition coefficient (Wildman–Crippen LogP) is 2.92. The highest BCUT2D eigenvalue weighted by atomic mass is 79.9. The van der Waals surface area contributed by atoms with E-state index in [4.69, 9.17) is 5.14 Å². The van der Waals surface area contributed by atoms with Gasteiger partial charge in [0, 0.05) is 10.9 Å². The molecular formula is C14H19BrN2O3S. The highest BCUT2D eigenvalue weighted by molar-refractivity contribution is 9.10. The summed E-state index contributed by atoms with van der Waals surface area (Å²) in [6, 6.07) is 3.05. The summed E-state index contributed by atoms with van der Waals surface area (Å²) >= 11 is 3.28. The molecule has 1 amide bonds. The SMILES string of the molecule is Cc1cc(NC(=O)CC2CCCC2)c(Br)cc1S(N)(=O)=O. The fourth-order valence-corrected chi connectivity index (χ4v) is 4.13. The maximum Gasteiger partial charge on any atom is 0.238 e. The Labute approximate surface area is 133 Å². The standard InChI is InChI=1S/C14H19BrN2O3S/c1-9-6-12(11(15)8-13(9)21(16,19)20)17-14(18)7-10-4-2-3-5-10/h6,8,10H,2-5,7H2,1H3,(H,17,18)(H2,16,19,20). The fourth-order valence-electron chi connectivity index (χ4n) is 2.74. The van der Waals surface area contributed by atoms with Gasteiger partial charge in [-0.05, 0) is 59.3 Å². The number of carbonyl (C=O) groups is 1. The number of hydrogen-bond acceptors (Lipinski definition) is 3. The number of halogens is 1. The molecule has 1 fully saturated rings. The number of rotatable bonds is 4. The summed E-state index contributed by atoms with van der Waals surface area (Å²) < 4.78 is 23.4. The van der Waals surface area contributed by atoms with Crippen molar-refractivity contribution in [3.63, 3.8) is 0 Å². The van der Waals surface area contributed by atoms with E-state index < -0.39 is 10.0 Å². The quantitative estimate of drug-likeness (QED) is 0.848. The van der Waals surface area contributed by atoms with Crippen molar-refractivity contribution < 1.29 is 13.2 Å². The van der Waals surface area contributed by atoms with Crippen LogP contribution in [0, 0.1) is 12.8 Å². The first-order valence-corrected chi connectivity index (χ1v) is 9.24. The van der Waals surface area contributed by atoms with Gasteiger partial charge in [-0.2, -0.15) is 0 Å². The molecule has 0 atom stereocenters. The van der Waals surface area contributed by atoms with Crippen molar-refractivity contribution >= 4 is 37.5 Å². The Morgan fingerprint density at radius 3 is 2.57 bits per heavy atom. The second-order valence-corrected chi connectivity index (χ2v) is 7.93. The van der Waals surface area contributed by atoms with Crippen molar-refractivity contribution in [2.24, 2.45) is 11.1 Å². The number of nitrogens with two attached hydrogens (primary N) is 1. The van der Waals surface area contributed by atoms with Gasteiger partial charge < -0.3 is 5.32 Å². The number of benzene rings is 1. The molecular weight excluding hydrogens is 356 g/mol. The van der Waals surface area contributed by atoms with Gasteiger partial charge in [0.15, 0.2) is 0 Å². The predicted molar refractivity (Wildman–Crippen MR) is 85.5 cm³/mol. The smallest absolute Gasteiger partial charge is 0.238 e. The van der Waals surface area contributed by atoms with Crippen LogP contribution < -0.4 is 10.5 Å². The van der Waals surface area contributed by atoms with Crippen LogP contribution in [0.1, 0.15) is 37.7 Å². The van der Waals surface area contributed by atoms with Gasteiger partial charge >= 0.3 is 0 Å². The molecule has 0 heterocycles. The topological polar surface area (TPSA) is 89.3 Å². The van der Waals surface area contributed by atoms with Crippen molar-refractivity contribution in [1.29, 1.82) is 0 Å². The fraction of sp³-hybridized carbons (Fsp3) is 0.500. The van der Waals surface area contributed by atoms with Crippen LogP contribution in [0.2, 0.25) is 0 Å². The van der Waals surface area contributed by atoms with Crippen LogP contribution in [-0.4, -0.2) is 14.3 Å². The molecule has 1 aliphatic rings. The maximum atomic E-state index is 12.0. The lowest BCUT2D eigenvalue weighted by molar-refractivity contribution is -0.117. The van der Waals surface area contributed by atoms with Crippen molar-refractivity contribution in [3.05, 3.63) is 22.2 Å². The number of aryl methyl sites for hydroxylation is 1. The van der Waals surface area contributed by atoms with E-state index in [2.05, 4.69) is 21.2 Å². The summed E-state index contributed by atoms with van der Waals surface area (Å²) in [7, 11) is -3.76. The molecule has 116 valence electrons. The minimum atomic E-state index is -3.76. The molecule has 3 N–H and O–H groups in total. The van der Waals surface area contributed by atoms with E-state index in [-0.39, 0.29) is 10.8 Å². The van der Waals surface area contributed by atoms with Gasteiger partial charge in [-0.25, -0.2) is 13.6 Å². The molecule has 0 unspecified atom stereocenters. The average Bonchev–Trinajstić information content (AvgIpc) is 2.84. The Kier molecular flexibility index (Phi) is 5.06. The number of nitrogens with one attached hydrogen (secondary N) is 1. The van der Waals surface area contributed by atoms with Crippen LogP contribution in [0.5, 0.6) is 0 Å². The van der Waals surface area contributed by atoms with Crippen molar-refractivity contribution in [1.82, 2.24) is 0 Å². The molecule has 21 heavy (non-hydrogen) atoms. The summed E-state index contributed by atoms with van der Waals surface area (Å²) in [5, 5.41) is 7.99. The second-order valence-electron chi connectivity index (χ2n) is 5.55. The third-order valence-corrected chi connectivity index (χ3v) is 5.50. The molecule has 0 aromatic heterocycles. The van der Waals surface area contributed by atoms with E-state index in [1.165, 1.54) is 18.9 Å². The first-order valence-electron chi connectivity index (χ1n) is 6.90. The van der Waals surface area contributed by atoms with E-state index in [1.54, 1.807) is 13.0 Å². The molecule has 5 nitrogen and oxygen atoms in total. The van der Waals surface area contributed by atoms with Gasteiger partial charge in [0.05, 0.1) is 10.6 Å². The normalized spacial score (nSPS) is 16.1. The highest BCUT2D eigenvalue weighted by Gasteiger charge is 2.20. The van der Waals surface area contributed by atoms with Crippen LogP contribution in [0.3, 0.4) is 0 Å². The number of sulfonamides is 1. The van der Waals surface area contributed by atoms with Crippen LogP contribution in [0.15, 0.2) is 21.5 Å². The van der Waals surface area contributed by atoms with Gasteiger partial charge in [-0.1, -0.05) is 12.8 Å². The molecule has 0 saturated heterocycles. The van der Waals surface area contributed by atoms with Crippen molar-refractivity contribution in [2.45, 2.75) is 43.9 Å². The summed E-state index contributed by atoms with van der Waals surface area (Å²) in [5.41, 5.74) is 1.08. The van der Waals surface area contributed by atoms with Gasteiger partial charge in [0.1, 0.15) is 0 Å². The Bertz CT molecular complexity index is 652. The van der Waals surface area contributed by atoms with Crippen molar-refractivity contribution in [3.8, 4) is 0 Å². The molecule has 2 rings (SSSR count). The molecule has 1 aromatic carbocycles. The molecule has 1 aliphatic carbocycles. The number of primary sulfonamides is 1. The number of hydrogen-bond donors (Lipinski definition) is 2. The van der Waals surface area contributed by atoms with E-state index in [1.807, 2.05) is 0 Å². The van der Waals surface area contributed by atoms with Crippen LogP contribution >= 0.6 is 15.9 Å². The largest absolute Gasteiger partial charge is 0.325 e. The lowest BCUT2D eigenvalue weighted by Crippen LogP contribution is -2.17. The minimum absolute atomic E-state index is 0.0367. The summed E-state index contributed by atoms with van der Waals surface area (Å²) in [6.45, 7) is 1.65. The molecule has 0 spiro atoms. The molecule has 0 aliphatic heterocycles. The van der Waals surface area contributed by atoms with E-state index >= 15 is 0 Å². The summed E-state index contributed by atoms with van der Waals surface area (Å²) in [4.78, 5) is 12.1. The molecule has 0 radical (unpaired) electrons. The zero-order valence-electron chi connectivity index (χ0n) is 11.9. The molecule has 7 heteroatoms. The lowest BCUT2D eigenvalue weighted by atomic mass is 10.0. The summed E-state index contributed by atoms with van der Waals surface area (Å²) in [5.74, 6) is 0.430. The van der Waals surface area contributed by atoms with Crippen molar-refractivity contribution in [2.75, 3.05) is 5.32 Å². The average molecular weight is 375 g/mol. The van der Waals surface area contributed by atoms with Gasteiger partial charge in [0.25, 0.3) is 0 Å². The Balaban J connectivity index is 2.13. The maximum absolute atomic E-state index is 12.0. The van der Waals surface area contributed by atoms with E-state index in [9.17, 15) is 13.2 Å². The van der Waals surface area contributed by atoms with E-state index in [0.29, 0.717) is 28.1 Å². The number of anilines is 1. The first-order chi connectivity index (χ1) is 9.77.